The lowest BCUT2D eigenvalue weighted by Crippen LogP contribution is -2.22. The predicted octanol–water partition coefficient (Wildman–Crippen LogP) is 5.18. The van der Waals surface area contributed by atoms with Crippen molar-refractivity contribution >= 4 is 15.9 Å². The second-order valence-electron chi connectivity index (χ2n) is 5.41. The van der Waals surface area contributed by atoms with E-state index in [1.165, 1.54) is 16.7 Å². The maximum Gasteiger partial charge on any atom is 0.133 e. The standard InChI is InChI=1S/C18H22BrNO/c1-12-5-7-15(8-6-12)13(2)20-14(3)16-9-10-18(21-4)17(19)11-16/h5-11,13-14,20H,1-4H3. The number of aryl methyl sites for hydroxylation is 1. The number of halogens is 1. The molecule has 2 atom stereocenters. The van der Waals surface area contributed by atoms with Gasteiger partial charge in [0, 0.05) is 12.1 Å². The predicted molar refractivity (Wildman–Crippen MR) is 91.8 cm³/mol. The highest BCUT2D eigenvalue weighted by Crippen LogP contribution is 2.29. The van der Waals surface area contributed by atoms with Crippen LogP contribution in [0.2, 0.25) is 0 Å². The van der Waals surface area contributed by atoms with Gasteiger partial charge in [0.2, 0.25) is 0 Å². The van der Waals surface area contributed by atoms with E-state index in [0.717, 1.165) is 10.2 Å². The molecule has 0 saturated carbocycles. The van der Waals surface area contributed by atoms with E-state index in [-0.39, 0.29) is 6.04 Å². The van der Waals surface area contributed by atoms with Gasteiger partial charge >= 0.3 is 0 Å². The molecule has 2 nitrogen and oxygen atoms in total. The Labute approximate surface area is 135 Å². The van der Waals surface area contributed by atoms with Crippen molar-refractivity contribution in [1.29, 1.82) is 0 Å². The molecule has 2 rings (SSSR count). The third-order valence-electron chi connectivity index (χ3n) is 3.75. The summed E-state index contributed by atoms with van der Waals surface area (Å²) >= 11 is 3.54. The number of benzene rings is 2. The largest absolute Gasteiger partial charge is 0.496 e. The highest BCUT2D eigenvalue weighted by atomic mass is 79.9. The molecule has 0 saturated heterocycles. The number of methoxy groups -OCH3 is 1. The topological polar surface area (TPSA) is 21.3 Å². The summed E-state index contributed by atoms with van der Waals surface area (Å²) in [5.41, 5.74) is 3.83. The molecule has 0 aliphatic rings. The van der Waals surface area contributed by atoms with Crippen molar-refractivity contribution in [1.82, 2.24) is 5.32 Å². The van der Waals surface area contributed by atoms with Gasteiger partial charge in [-0.25, -0.2) is 0 Å². The summed E-state index contributed by atoms with van der Waals surface area (Å²) < 4.78 is 6.26. The zero-order valence-electron chi connectivity index (χ0n) is 13.0. The van der Waals surface area contributed by atoms with E-state index in [0.29, 0.717) is 6.04 Å². The molecular formula is C18H22BrNO. The summed E-state index contributed by atoms with van der Waals surface area (Å²) in [6, 6.07) is 15.5. The van der Waals surface area contributed by atoms with Crippen LogP contribution < -0.4 is 10.1 Å². The van der Waals surface area contributed by atoms with Crippen molar-refractivity contribution in [3.05, 3.63) is 63.6 Å². The summed E-state index contributed by atoms with van der Waals surface area (Å²) in [7, 11) is 1.68. The fourth-order valence-electron chi connectivity index (χ4n) is 2.37. The molecule has 112 valence electrons. The fourth-order valence-corrected chi connectivity index (χ4v) is 2.93. The van der Waals surface area contributed by atoms with Gasteiger partial charge in [-0.3, -0.25) is 0 Å². The van der Waals surface area contributed by atoms with Gasteiger partial charge in [0.1, 0.15) is 5.75 Å². The van der Waals surface area contributed by atoms with Gasteiger partial charge in [-0.2, -0.15) is 0 Å². The normalized spacial score (nSPS) is 13.8. The number of rotatable bonds is 5. The number of hydrogen-bond donors (Lipinski definition) is 1. The van der Waals surface area contributed by atoms with E-state index in [1.54, 1.807) is 7.11 Å². The molecule has 3 heteroatoms. The van der Waals surface area contributed by atoms with Gasteiger partial charge in [0.25, 0.3) is 0 Å². The van der Waals surface area contributed by atoms with E-state index < -0.39 is 0 Å². The molecule has 0 amide bonds. The molecule has 0 bridgehead atoms. The molecule has 0 radical (unpaired) electrons. The van der Waals surface area contributed by atoms with Crippen LogP contribution in [-0.4, -0.2) is 7.11 Å². The first-order chi connectivity index (χ1) is 10.0. The van der Waals surface area contributed by atoms with Gasteiger partial charge in [-0.1, -0.05) is 35.9 Å². The molecule has 21 heavy (non-hydrogen) atoms. The average Bonchev–Trinajstić information content (AvgIpc) is 2.47. The van der Waals surface area contributed by atoms with Crippen LogP contribution in [0.15, 0.2) is 46.9 Å². The summed E-state index contributed by atoms with van der Waals surface area (Å²) in [6.45, 7) is 6.48. The summed E-state index contributed by atoms with van der Waals surface area (Å²) in [6.07, 6.45) is 0. The Balaban J connectivity index is 2.08. The van der Waals surface area contributed by atoms with Gasteiger partial charge in [0.05, 0.1) is 11.6 Å². The molecule has 2 aromatic carbocycles. The van der Waals surface area contributed by atoms with Crippen LogP contribution in [-0.2, 0) is 0 Å². The van der Waals surface area contributed by atoms with Gasteiger partial charge in [-0.05, 0) is 60.0 Å². The molecule has 1 N–H and O–H groups in total. The maximum absolute atomic E-state index is 5.27. The second kappa shape index (κ2) is 7.10. The summed E-state index contributed by atoms with van der Waals surface area (Å²) in [5.74, 6) is 0.859. The van der Waals surface area contributed by atoms with E-state index in [9.17, 15) is 0 Å². The zero-order valence-corrected chi connectivity index (χ0v) is 14.6. The Morgan fingerprint density at radius 3 is 2.10 bits per heavy atom. The maximum atomic E-state index is 5.27. The monoisotopic (exact) mass is 347 g/mol. The Morgan fingerprint density at radius 2 is 1.52 bits per heavy atom. The molecule has 0 aliphatic heterocycles. The molecule has 0 aliphatic carbocycles. The Morgan fingerprint density at radius 1 is 0.952 bits per heavy atom. The van der Waals surface area contributed by atoms with Crippen molar-refractivity contribution in [3.63, 3.8) is 0 Å². The average molecular weight is 348 g/mol. The molecular weight excluding hydrogens is 326 g/mol. The smallest absolute Gasteiger partial charge is 0.133 e. The van der Waals surface area contributed by atoms with Crippen LogP contribution in [0.1, 0.15) is 42.6 Å². The number of nitrogens with one attached hydrogen (secondary N) is 1. The molecule has 0 aromatic heterocycles. The van der Waals surface area contributed by atoms with Crippen molar-refractivity contribution in [2.24, 2.45) is 0 Å². The fraction of sp³-hybridized carbons (Fsp3) is 0.333. The van der Waals surface area contributed by atoms with Crippen molar-refractivity contribution in [2.45, 2.75) is 32.9 Å². The van der Waals surface area contributed by atoms with Gasteiger partial charge in [0.15, 0.2) is 0 Å². The van der Waals surface area contributed by atoms with Crippen LogP contribution in [0.5, 0.6) is 5.75 Å². The lowest BCUT2D eigenvalue weighted by Gasteiger charge is -2.21. The molecule has 2 aromatic rings. The van der Waals surface area contributed by atoms with Gasteiger partial charge < -0.3 is 10.1 Å². The second-order valence-corrected chi connectivity index (χ2v) is 6.27. The van der Waals surface area contributed by atoms with Crippen LogP contribution in [0.3, 0.4) is 0 Å². The number of ether oxygens (including phenoxy) is 1. The van der Waals surface area contributed by atoms with Crippen LogP contribution in [0.25, 0.3) is 0 Å². The minimum absolute atomic E-state index is 0.267. The van der Waals surface area contributed by atoms with Crippen LogP contribution in [0, 0.1) is 6.92 Å². The number of hydrogen-bond acceptors (Lipinski definition) is 2. The molecule has 0 fully saturated rings. The van der Waals surface area contributed by atoms with Crippen molar-refractivity contribution in [2.75, 3.05) is 7.11 Å². The van der Waals surface area contributed by atoms with Crippen molar-refractivity contribution < 1.29 is 4.74 Å². The zero-order chi connectivity index (χ0) is 15.4. The first-order valence-electron chi connectivity index (χ1n) is 7.17. The lowest BCUT2D eigenvalue weighted by molar-refractivity contribution is 0.411. The minimum atomic E-state index is 0.267. The highest BCUT2D eigenvalue weighted by Gasteiger charge is 2.12. The van der Waals surface area contributed by atoms with E-state index >= 15 is 0 Å². The molecule has 0 spiro atoms. The van der Waals surface area contributed by atoms with E-state index in [2.05, 4.69) is 78.4 Å². The van der Waals surface area contributed by atoms with Crippen LogP contribution >= 0.6 is 15.9 Å². The highest BCUT2D eigenvalue weighted by molar-refractivity contribution is 9.10. The quantitative estimate of drug-likeness (QED) is 0.804. The third kappa shape index (κ3) is 4.08. The minimum Gasteiger partial charge on any atom is -0.496 e. The Bertz CT molecular complexity index is 595. The van der Waals surface area contributed by atoms with Crippen molar-refractivity contribution in [3.8, 4) is 5.75 Å². The first kappa shape index (κ1) is 16.1. The Hall–Kier alpha value is -1.32. The summed E-state index contributed by atoms with van der Waals surface area (Å²) in [4.78, 5) is 0. The first-order valence-corrected chi connectivity index (χ1v) is 7.96. The molecule has 0 heterocycles. The molecule has 2 unspecified atom stereocenters. The SMILES string of the molecule is COc1ccc(C(C)NC(C)c2ccc(C)cc2)cc1Br. The van der Waals surface area contributed by atoms with Gasteiger partial charge in [-0.15, -0.1) is 0 Å². The summed E-state index contributed by atoms with van der Waals surface area (Å²) in [5, 5.41) is 3.63. The van der Waals surface area contributed by atoms with E-state index in [1.807, 2.05) is 6.07 Å². The van der Waals surface area contributed by atoms with Crippen LogP contribution in [0.4, 0.5) is 0 Å². The van der Waals surface area contributed by atoms with E-state index in [4.69, 9.17) is 4.74 Å². The Kier molecular flexibility index (Phi) is 5.43. The third-order valence-corrected chi connectivity index (χ3v) is 4.37. The lowest BCUT2D eigenvalue weighted by atomic mass is 10.0.